The van der Waals surface area contributed by atoms with E-state index in [1.54, 1.807) is 12.1 Å². The molecule has 1 heterocycles. The number of carbonyl (C=O) groups is 1. The first-order valence-corrected chi connectivity index (χ1v) is 9.50. The molecule has 3 aromatic carbocycles. The number of halogens is 2. The number of hydrogen-bond donors (Lipinski definition) is 3. The van der Waals surface area contributed by atoms with Gasteiger partial charge in [0.05, 0.1) is 5.69 Å². The maximum absolute atomic E-state index is 14.6. The number of phenolic OH excluding ortho intramolecular Hbond substituents is 2. The van der Waals surface area contributed by atoms with Crippen molar-refractivity contribution in [1.29, 1.82) is 0 Å². The molecule has 1 aliphatic heterocycles. The Morgan fingerprint density at radius 2 is 1.57 bits per heavy atom. The zero-order chi connectivity index (χ0) is 21.8. The fourth-order valence-electron chi connectivity index (χ4n) is 4.04. The van der Waals surface area contributed by atoms with Crippen LogP contribution in [0.4, 0.5) is 14.5 Å². The first-order chi connectivity index (χ1) is 14.1. The number of rotatable bonds is 2. The van der Waals surface area contributed by atoms with Gasteiger partial charge < -0.3 is 15.5 Å². The van der Waals surface area contributed by atoms with Gasteiger partial charge in [-0.3, -0.25) is 4.79 Å². The van der Waals surface area contributed by atoms with E-state index >= 15 is 0 Å². The van der Waals surface area contributed by atoms with Crippen LogP contribution in [0.2, 0.25) is 0 Å². The first-order valence-electron chi connectivity index (χ1n) is 9.50. The Balaban J connectivity index is 2.13. The minimum absolute atomic E-state index is 0.00882. The van der Waals surface area contributed by atoms with Gasteiger partial charge in [0.1, 0.15) is 16.9 Å². The number of fused-ring (bicyclic) bond motifs is 1. The highest BCUT2D eigenvalue weighted by Crippen LogP contribution is 2.51. The summed E-state index contributed by atoms with van der Waals surface area (Å²) >= 11 is 0. The van der Waals surface area contributed by atoms with E-state index in [0.717, 1.165) is 11.6 Å². The number of carbonyl (C=O) groups excluding carboxylic acids is 1. The van der Waals surface area contributed by atoms with Crippen LogP contribution in [0.1, 0.15) is 43.0 Å². The van der Waals surface area contributed by atoms with Crippen molar-refractivity contribution in [3.63, 3.8) is 0 Å². The SMILES string of the molecule is CC(C)(C)c1ccc(O)c(C2(c3ccc(O)cc3)C(=O)Nc3c2ccc(F)c3F)c1. The summed E-state index contributed by atoms with van der Waals surface area (Å²) < 4.78 is 28.5. The van der Waals surface area contributed by atoms with Gasteiger partial charge in [-0.1, -0.05) is 45.0 Å². The molecule has 0 bridgehead atoms. The van der Waals surface area contributed by atoms with Crippen LogP contribution in [0.5, 0.6) is 11.5 Å². The summed E-state index contributed by atoms with van der Waals surface area (Å²) in [5.74, 6) is -3.01. The lowest BCUT2D eigenvalue weighted by Gasteiger charge is -2.31. The quantitative estimate of drug-likeness (QED) is 0.560. The second-order valence-electron chi connectivity index (χ2n) is 8.52. The monoisotopic (exact) mass is 409 g/mol. The van der Waals surface area contributed by atoms with E-state index in [1.807, 2.05) is 20.8 Å². The van der Waals surface area contributed by atoms with Crippen LogP contribution in [-0.4, -0.2) is 16.1 Å². The van der Waals surface area contributed by atoms with Gasteiger partial charge in [0.25, 0.3) is 0 Å². The van der Waals surface area contributed by atoms with Crippen molar-refractivity contribution in [2.24, 2.45) is 0 Å². The molecule has 0 radical (unpaired) electrons. The van der Waals surface area contributed by atoms with Crippen molar-refractivity contribution >= 4 is 11.6 Å². The lowest BCUT2D eigenvalue weighted by atomic mass is 9.68. The fourth-order valence-corrected chi connectivity index (χ4v) is 4.04. The lowest BCUT2D eigenvalue weighted by molar-refractivity contribution is -0.118. The summed E-state index contributed by atoms with van der Waals surface area (Å²) in [7, 11) is 0. The van der Waals surface area contributed by atoms with Crippen molar-refractivity contribution in [3.8, 4) is 11.5 Å². The third-order valence-electron chi connectivity index (χ3n) is 5.64. The maximum atomic E-state index is 14.6. The molecule has 0 saturated heterocycles. The van der Waals surface area contributed by atoms with E-state index < -0.39 is 23.0 Å². The van der Waals surface area contributed by atoms with Crippen LogP contribution in [0.15, 0.2) is 54.6 Å². The molecule has 6 heteroatoms. The minimum Gasteiger partial charge on any atom is -0.508 e. The standard InChI is InChI=1S/C24H21F2NO3/c1-23(2,3)14-6-11-19(29)17(12-14)24(13-4-7-15(28)8-5-13)16-9-10-18(25)20(26)21(16)27-22(24)30/h4-12,28-29H,1-3H3,(H,27,30). The Morgan fingerprint density at radius 1 is 0.900 bits per heavy atom. The average molecular weight is 409 g/mol. The van der Waals surface area contributed by atoms with Crippen LogP contribution in [-0.2, 0) is 15.6 Å². The summed E-state index contributed by atoms with van der Waals surface area (Å²) in [6, 6.07) is 13.2. The second kappa shape index (κ2) is 6.55. The predicted molar refractivity (Wildman–Crippen MR) is 110 cm³/mol. The van der Waals surface area contributed by atoms with Crippen molar-refractivity contribution in [2.75, 3.05) is 5.32 Å². The van der Waals surface area contributed by atoms with E-state index in [2.05, 4.69) is 5.32 Å². The molecule has 1 amide bonds. The van der Waals surface area contributed by atoms with Gasteiger partial charge in [0.2, 0.25) is 5.91 Å². The second-order valence-corrected chi connectivity index (χ2v) is 8.52. The van der Waals surface area contributed by atoms with Crippen LogP contribution in [0.3, 0.4) is 0 Å². The van der Waals surface area contributed by atoms with Gasteiger partial charge in [0.15, 0.2) is 11.6 Å². The minimum atomic E-state index is -1.62. The zero-order valence-electron chi connectivity index (χ0n) is 16.8. The molecule has 3 N–H and O–H groups in total. The van der Waals surface area contributed by atoms with Crippen LogP contribution in [0, 0.1) is 11.6 Å². The van der Waals surface area contributed by atoms with E-state index in [4.69, 9.17) is 0 Å². The third kappa shape index (κ3) is 2.75. The summed E-state index contributed by atoms with van der Waals surface area (Å²) in [6.45, 7) is 5.98. The molecular formula is C24H21F2NO3. The predicted octanol–water partition coefficient (Wildman–Crippen LogP) is 4.96. The smallest absolute Gasteiger partial charge is 0.244 e. The lowest BCUT2D eigenvalue weighted by Crippen LogP contribution is -2.37. The van der Waals surface area contributed by atoms with E-state index in [9.17, 15) is 23.8 Å². The molecular weight excluding hydrogens is 388 g/mol. The molecule has 1 unspecified atom stereocenters. The number of amides is 1. The molecule has 0 aliphatic carbocycles. The summed E-state index contributed by atoms with van der Waals surface area (Å²) in [5.41, 5.74) is -0.454. The molecule has 0 fully saturated rings. The van der Waals surface area contributed by atoms with Gasteiger partial charge in [-0.05, 0) is 46.9 Å². The Morgan fingerprint density at radius 3 is 2.20 bits per heavy atom. The largest absolute Gasteiger partial charge is 0.508 e. The molecule has 0 aromatic heterocycles. The molecule has 154 valence electrons. The number of anilines is 1. The summed E-state index contributed by atoms with van der Waals surface area (Å²) in [6.07, 6.45) is 0. The third-order valence-corrected chi connectivity index (χ3v) is 5.64. The molecule has 1 aliphatic rings. The number of aromatic hydroxyl groups is 2. The maximum Gasteiger partial charge on any atom is 0.244 e. The Hall–Kier alpha value is -3.41. The van der Waals surface area contributed by atoms with Crippen molar-refractivity contribution in [1.82, 2.24) is 0 Å². The highest BCUT2D eigenvalue weighted by atomic mass is 19.2. The molecule has 30 heavy (non-hydrogen) atoms. The first kappa shape index (κ1) is 19.9. The fraction of sp³-hybridized carbons (Fsp3) is 0.208. The summed E-state index contributed by atoms with van der Waals surface area (Å²) in [4.78, 5) is 13.4. The van der Waals surface area contributed by atoms with Crippen molar-refractivity contribution < 1.29 is 23.8 Å². The molecule has 3 aromatic rings. The topological polar surface area (TPSA) is 69.6 Å². The molecule has 1 atom stereocenters. The van der Waals surface area contributed by atoms with Gasteiger partial charge in [0, 0.05) is 11.1 Å². The zero-order valence-corrected chi connectivity index (χ0v) is 16.8. The van der Waals surface area contributed by atoms with Gasteiger partial charge in [-0.25, -0.2) is 8.78 Å². The molecule has 4 rings (SSSR count). The number of hydrogen-bond acceptors (Lipinski definition) is 3. The highest BCUT2D eigenvalue weighted by Gasteiger charge is 2.52. The molecule has 0 spiro atoms. The summed E-state index contributed by atoms with van der Waals surface area (Å²) in [5, 5.41) is 23.0. The van der Waals surface area contributed by atoms with E-state index in [-0.39, 0.29) is 33.7 Å². The number of benzene rings is 3. The van der Waals surface area contributed by atoms with Gasteiger partial charge >= 0.3 is 0 Å². The highest BCUT2D eigenvalue weighted by molar-refractivity contribution is 6.12. The number of phenols is 2. The van der Waals surface area contributed by atoms with Crippen LogP contribution < -0.4 is 5.32 Å². The normalized spacial score (nSPS) is 18.2. The average Bonchev–Trinajstić information content (AvgIpc) is 2.98. The molecule has 0 saturated carbocycles. The van der Waals surface area contributed by atoms with E-state index in [1.165, 1.54) is 36.4 Å². The van der Waals surface area contributed by atoms with Gasteiger partial charge in [-0.2, -0.15) is 0 Å². The Bertz CT molecular complexity index is 1170. The number of nitrogens with one attached hydrogen (secondary N) is 1. The molecule has 4 nitrogen and oxygen atoms in total. The van der Waals surface area contributed by atoms with E-state index in [0.29, 0.717) is 5.56 Å². The van der Waals surface area contributed by atoms with Crippen molar-refractivity contribution in [2.45, 2.75) is 31.6 Å². The van der Waals surface area contributed by atoms with Gasteiger partial charge in [-0.15, -0.1) is 0 Å². The van der Waals surface area contributed by atoms with Crippen LogP contribution >= 0.6 is 0 Å². The Labute approximate surface area is 172 Å². The Kier molecular flexibility index (Phi) is 4.34. The van der Waals surface area contributed by atoms with Crippen molar-refractivity contribution in [3.05, 3.63) is 88.5 Å². The van der Waals surface area contributed by atoms with Crippen LogP contribution in [0.25, 0.3) is 0 Å².